The Morgan fingerprint density at radius 2 is 1.93 bits per heavy atom. The van der Waals surface area contributed by atoms with Gasteiger partial charge in [0, 0.05) is 37.6 Å². The van der Waals surface area contributed by atoms with Crippen LogP contribution in [0.3, 0.4) is 0 Å². The minimum absolute atomic E-state index is 0.101. The summed E-state index contributed by atoms with van der Waals surface area (Å²) in [6.07, 6.45) is 0.746. The highest BCUT2D eigenvalue weighted by Crippen LogP contribution is 2.42. The number of aromatic nitrogens is 3. The number of fused-ring (bicyclic) bond motifs is 1. The highest BCUT2D eigenvalue weighted by Gasteiger charge is 2.32. The number of halogens is 1. The zero-order valence-electron chi connectivity index (χ0n) is 15.6. The SMILES string of the molecule is CCc1nc2sc([C@H](c3ccccc3Cl)N3CCN(CC)CC3)c(O)n2n1. The first-order chi connectivity index (χ1) is 13.1. The van der Waals surface area contributed by atoms with Gasteiger partial charge in [0.05, 0.1) is 10.9 Å². The summed E-state index contributed by atoms with van der Waals surface area (Å²) < 4.78 is 1.56. The Bertz CT molecular complexity index is 931. The molecule has 6 nitrogen and oxygen atoms in total. The predicted octanol–water partition coefficient (Wildman–Crippen LogP) is 3.44. The summed E-state index contributed by atoms with van der Waals surface area (Å²) in [5.74, 6) is 0.916. The lowest BCUT2D eigenvalue weighted by Gasteiger charge is -2.39. The molecule has 0 amide bonds. The van der Waals surface area contributed by atoms with Gasteiger partial charge in [0.1, 0.15) is 0 Å². The normalized spacial score (nSPS) is 17.6. The van der Waals surface area contributed by atoms with Crippen molar-refractivity contribution < 1.29 is 5.11 Å². The maximum Gasteiger partial charge on any atom is 0.230 e. The van der Waals surface area contributed by atoms with Crippen molar-refractivity contribution in [3.63, 3.8) is 0 Å². The molecule has 0 saturated carbocycles. The summed E-state index contributed by atoms with van der Waals surface area (Å²) in [5.41, 5.74) is 1.01. The van der Waals surface area contributed by atoms with Crippen LogP contribution in [-0.4, -0.2) is 62.2 Å². The molecule has 0 bridgehead atoms. The number of likely N-dealkylation sites (N-methyl/N-ethyl adjacent to an activating group) is 1. The summed E-state index contributed by atoms with van der Waals surface area (Å²) >= 11 is 8.06. The number of thiazole rings is 1. The number of nitrogens with zero attached hydrogens (tertiary/aromatic N) is 5. The average molecular weight is 406 g/mol. The molecule has 4 rings (SSSR count). The van der Waals surface area contributed by atoms with E-state index in [-0.39, 0.29) is 11.9 Å². The van der Waals surface area contributed by atoms with Crippen LogP contribution in [0, 0.1) is 0 Å². The van der Waals surface area contributed by atoms with Crippen LogP contribution in [-0.2, 0) is 6.42 Å². The largest absolute Gasteiger partial charge is 0.492 e. The molecule has 1 aliphatic rings. The second kappa shape index (κ2) is 7.75. The van der Waals surface area contributed by atoms with Crippen LogP contribution in [0.4, 0.5) is 0 Å². The van der Waals surface area contributed by atoms with Gasteiger partial charge in [-0.15, -0.1) is 5.10 Å². The Labute approximate surface area is 168 Å². The first-order valence-electron chi connectivity index (χ1n) is 9.40. The van der Waals surface area contributed by atoms with Crippen molar-refractivity contribution in [3.05, 3.63) is 45.6 Å². The Morgan fingerprint density at radius 3 is 2.56 bits per heavy atom. The molecule has 1 saturated heterocycles. The number of rotatable bonds is 5. The smallest absolute Gasteiger partial charge is 0.230 e. The van der Waals surface area contributed by atoms with Crippen molar-refractivity contribution in [3.8, 4) is 5.88 Å². The van der Waals surface area contributed by atoms with E-state index in [1.165, 1.54) is 11.3 Å². The quantitative estimate of drug-likeness (QED) is 0.704. The van der Waals surface area contributed by atoms with E-state index in [1.807, 2.05) is 31.2 Å². The van der Waals surface area contributed by atoms with Crippen molar-refractivity contribution in [1.29, 1.82) is 0 Å². The number of aromatic hydroxyl groups is 1. The number of hydrogen-bond donors (Lipinski definition) is 1. The van der Waals surface area contributed by atoms with Gasteiger partial charge < -0.3 is 10.0 Å². The molecule has 0 spiro atoms. The molecule has 1 aromatic carbocycles. The molecule has 27 heavy (non-hydrogen) atoms. The third-order valence-electron chi connectivity index (χ3n) is 5.23. The van der Waals surface area contributed by atoms with E-state index in [0.29, 0.717) is 5.02 Å². The lowest BCUT2D eigenvalue weighted by atomic mass is 10.0. The van der Waals surface area contributed by atoms with Gasteiger partial charge in [-0.25, -0.2) is 4.98 Å². The second-order valence-electron chi connectivity index (χ2n) is 6.76. The Hall–Kier alpha value is -1.67. The van der Waals surface area contributed by atoms with Gasteiger partial charge in [-0.05, 0) is 18.2 Å². The average Bonchev–Trinajstić information content (AvgIpc) is 3.23. The molecule has 2 aromatic heterocycles. The van der Waals surface area contributed by atoms with Crippen molar-refractivity contribution in [2.75, 3.05) is 32.7 Å². The third-order valence-corrected chi connectivity index (χ3v) is 6.64. The van der Waals surface area contributed by atoms with Crippen molar-refractivity contribution in [1.82, 2.24) is 24.4 Å². The van der Waals surface area contributed by atoms with E-state index >= 15 is 0 Å². The third kappa shape index (κ3) is 3.45. The van der Waals surface area contributed by atoms with Crippen molar-refractivity contribution >= 4 is 27.9 Å². The fourth-order valence-corrected chi connectivity index (χ4v) is 5.02. The molecule has 1 N–H and O–H groups in total. The molecule has 1 aliphatic heterocycles. The van der Waals surface area contributed by atoms with E-state index in [2.05, 4.69) is 26.8 Å². The first-order valence-corrected chi connectivity index (χ1v) is 10.6. The summed E-state index contributed by atoms with van der Waals surface area (Å²) in [5, 5.41) is 16.1. The van der Waals surface area contributed by atoms with Gasteiger partial charge in [-0.3, -0.25) is 4.90 Å². The van der Waals surface area contributed by atoms with Gasteiger partial charge in [0.15, 0.2) is 5.82 Å². The molecule has 144 valence electrons. The number of piperazine rings is 1. The lowest BCUT2D eigenvalue weighted by molar-refractivity contribution is 0.113. The minimum Gasteiger partial charge on any atom is -0.492 e. The van der Waals surface area contributed by atoms with Crippen LogP contribution in [0.1, 0.15) is 36.2 Å². The Morgan fingerprint density at radius 1 is 1.19 bits per heavy atom. The van der Waals surface area contributed by atoms with Crippen molar-refractivity contribution in [2.24, 2.45) is 0 Å². The van der Waals surface area contributed by atoms with Crippen LogP contribution < -0.4 is 0 Å². The fraction of sp³-hybridized carbons (Fsp3) is 0.474. The fourth-order valence-electron chi connectivity index (χ4n) is 3.66. The van der Waals surface area contributed by atoms with Crippen LogP contribution in [0.15, 0.2) is 24.3 Å². The maximum absolute atomic E-state index is 10.9. The van der Waals surface area contributed by atoms with E-state index < -0.39 is 0 Å². The van der Waals surface area contributed by atoms with Crippen LogP contribution in [0.25, 0.3) is 4.96 Å². The molecule has 0 aliphatic carbocycles. The molecule has 1 fully saturated rings. The molecule has 0 radical (unpaired) electrons. The van der Waals surface area contributed by atoms with Gasteiger partial charge in [0.2, 0.25) is 10.8 Å². The van der Waals surface area contributed by atoms with Gasteiger partial charge in [0.25, 0.3) is 0 Å². The molecular formula is C19H24ClN5OS. The standard InChI is InChI=1S/C19H24ClN5OS/c1-3-15-21-19-25(22-15)18(26)17(27-19)16(13-7-5-6-8-14(13)20)24-11-9-23(4-2)10-12-24/h5-8,16,26H,3-4,9-12H2,1-2H3/t16-/m0/s1. The maximum atomic E-state index is 10.9. The van der Waals surface area contributed by atoms with Gasteiger partial charge in [-0.1, -0.05) is 55.0 Å². The van der Waals surface area contributed by atoms with Crippen LogP contribution >= 0.6 is 22.9 Å². The molecule has 3 aromatic rings. The van der Waals surface area contributed by atoms with E-state index in [9.17, 15) is 5.11 Å². The number of hydrogen-bond acceptors (Lipinski definition) is 6. The zero-order chi connectivity index (χ0) is 19.0. The summed E-state index contributed by atoms with van der Waals surface area (Å²) in [4.78, 5) is 11.0. The number of aryl methyl sites for hydroxylation is 1. The number of benzene rings is 1. The zero-order valence-corrected chi connectivity index (χ0v) is 17.2. The summed E-state index contributed by atoms with van der Waals surface area (Å²) in [6, 6.07) is 7.80. The molecule has 1 atom stereocenters. The van der Waals surface area contributed by atoms with Crippen LogP contribution in [0.5, 0.6) is 5.88 Å². The van der Waals surface area contributed by atoms with E-state index in [0.717, 1.165) is 60.4 Å². The molecule has 0 unspecified atom stereocenters. The lowest BCUT2D eigenvalue weighted by Crippen LogP contribution is -2.47. The summed E-state index contributed by atoms with van der Waals surface area (Å²) in [7, 11) is 0. The van der Waals surface area contributed by atoms with Crippen molar-refractivity contribution in [2.45, 2.75) is 26.3 Å². The molecule has 3 heterocycles. The van der Waals surface area contributed by atoms with E-state index in [4.69, 9.17) is 11.6 Å². The minimum atomic E-state index is -0.101. The van der Waals surface area contributed by atoms with Crippen LogP contribution in [0.2, 0.25) is 5.02 Å². The summed E-state index contributed by atoms with van der Waals surface area (Å²) in [6.45, 7) is 9.15. The second-order valence-corrected chi connectivity index (χ2v) is 8.18. The first kappa shape index (κ1) is 18.7. The topological polar surface area (TPSA) is 56.9 Å². The Balaban J connectivity index is 1.77. The highest BCUT2D eigenvalue weighted by atomic mass is 35.5. The van der Waals surface area contributed by atoms with Gasteiger partial charge in [-0.2, -0.15) is 4.52 Å². The highest BCUT2D eigenvalue weighted by molar-refractivity contribution is 7.17. The Kier molecular flexibility index (Phi) is 5.36. The van der Waals surface area contributed by atoms with E-state index in [1.54, 1.807) is 4.52 Å². The predicted molar refractivity (Wildman–Crippen MR) is 109 cm³/mol. The van der Waals surface area contributed by atoms with Gasteiger partial charge >= 0.3 is 0 Å². The molecule has 8 heteroatoms. The molecular weight excluding hydrogens is 382 g/mol. The monoisotopic (exact) mass is 405 g/mol.